The van der Waals surface area contributed by atoms with Crippen LogP contribution in [0.25, 0.3) is 0 Å². The van der Waals surface area contributed by atoms with Crippen LogP contribution in [-0.2, 0) is 4.74 Å². The normalized spacial score (nSPS) is 10.4. The molecule has 0 atom stereocenters. The molecule has 1 aromatic rings. The van der Waals surface area contributed by atoms with Crippen LogP contribution < -0.4 is 10.1 Å². The van der Waals surface area contributed by atoms with Gasteiger partial charge in [0.25, 0.3) is 0 Å². The first kappa shape index (κ1) is 13.9. The van der Waals surface area contributed by atoms with Crippen LogP contribution >= 0.6 is 0 Å². The summed E-state index contributed by atoms with van der Waals surface area (Å²) in [4.78, 5) is 11.6. The summed E-state index contributed by atoms with van der Waals surface area (Å²) in [5, 5.41) is 2.61. The standard InChI is InChI=1S/C14H17NO3/c1-6-10-9-11(7-8-12(10)17-5)15-13(16)18-14(2,3)4/h1,7-9H,2-5H3,(H,15,16). The van der Waals surface area contributed by atoms with Crippen LogP contribution in [0.4, 0.5) is 10.5 Å². The SMILES string of the molecule is C#Cc1cc(NC(=O)OC(C)(C)C)ccc1OC. The zero-order valence-electron chi connectivity index (χ0n) is 11.0. The largest absolute Gasteiger partial charge is 0.495 e. The fourth-order valence-electron chi connectivity index (χ4n) is 1.32. The number of hydrogen-bond acceptors (Lipinski definition) is 3. The third-order valence-corrected chi connectivity index (χ3v) is 2.00. The van der Waals surface area contributed by atoms with E-state index >= 15 is 0 Å². The summed E-state index contributed by atoms with van der Waals surface area (Å²) in [5.41, 5.74) is 0.606. The van der Waals surface area contributed by atoms with Gasteiger partial charge in [-0.1, -0.05) is 5.92 Å². The van der Waals surface area contributed by atoms with Crippen LogP contribution in [0.1, 0.15) is 26.3 Å². The van der Waals surface area contributed by atoms with E-state index in [9.17, 15) is 4.79 Å². The number of anilines is 1. The first-order valence-corrected chi connectivity index (χ1v) is 5.50. The Kier molecular flexibility index (Phi) is 4.22. The lowest BCUT2D eigenvalue weighted by Crippen LogP contribution is -2.27. The van der Waals surface area contributed by atoms with Crippen molar-refractivity contribution in [1.29, 1.82) is 0 Å². The highest BCUT2D eigenvalue weighted by molar-refractivity contribution is 5.85. The minimum absolute atomic E-state index is 0.518. The predicted molar refractivity (Wildman–Crippen MR) is 70.8 cm³/mol. The Labute approximate surface area is 107 Å². The van der Waals surface area contributed by atoms with E-state index in [2.05, 4.69) is 11.2 Å². The second-order valence-electron chi connectivity index (χ2n) is 4.69. The molecule has 0 saturated heterocycles. The molecule has 0 aliphatic heterocycles. The summed E-state index contributed by atoms with van der Waals surface area (Å²) in [6.45, 7) is 5.40. The molecule has 0 aromatic heterocycles. The maximum atomic E-state index is 11.6. The van der Waals surface area contributed by atoms with Crippen molar-refractivity contribution in [1.82, 2.24) is 0 Å². The molecule has 0 radical (unpaired) electrons. The van der Waals surface area contributed by atoms with Crippen LogP contribution in [0.15, 0.2) is 18.2 Å². The molecule has 0 saturated carbocycles. The lowest BCUT2D eigenvalue weighted by molar-refractivity contribution is 0.0636. The Balaban J connectivity index is 2.81. The zero-order chi connectivity index (χ0) is 13.8. The smallest absolute Gasteiger partial charge is 0.412 e. The number of carbonyl (C=O) groups is 1. The second kappa shape index (κ2) is 5.46. The van der Waals surface area contributed by atoms with Crippen LogP contribution in [-0.4, -0.2) is 18.8 Å². The van der Waals surface area contributed by atoms with E-state index < -0.39 is 11.7 Å². The van der Waals surface area contributed by atoms with Gasteiger partial charge in [0.15, 0.2) is 0 Å². The number of carbonyl (C=O) groups excluding carboxylic acids is 1. The van der Waals surface area contributed by atoms with Gasteiger partial charge in [-0.15, -0.1) is 6.42 Å². The van der Waals surface area contributed by atoms with E-state index in [1.807, 2.05) is 0 Å². The van der Waals surface area contributed by atoms with E-state index in [0.29, 0.717) is 17.0 Å². The number of rotatable bonds is 2. The lowest BCUT2D eigenvalue weighted by Gasteiger charge is -2.19. The third kappa shape index (κ3) is 4.02. The Morgan fingerprint density at radius 3 is 2.56 bits per heavy atom. The average molecular weight is 247 g/mol. The molecule has 0 spiro atoms. The molecular weight excluding hydrogens is 230 g/mol. The first-order chi connectivity index (χ1) is 8.35. The zero-order valence-corrected chi connectivity index (χ0v) is 11.0. The minimum atomic E-state index is -0.536. The van der Waals surface area contributed by atoms with Crippen LogP contribution in [0, 0.1) is 12.3 Å². The Bertz CT molecular complexity index is 481. The number of benzene rings is 1. The van der Waals surface area contributed by atoms with Crippen molar-refractivity contribution in [3.05, 3.63) is 23.8 Å². The molecule has 1 amide bonds. The van der Waals surface area contributed by atoms with E-state index in [1.54, 1.807) is 39.0 Å². The van der Waals surface area contributed by atoms with Gasteiger partial charge in [0.2, 0.25) is 0 Å². The molecule has 96 valence electrons. The van der Waals surface area contributed by atoms with Crippen LogP contribution in [0.5, 0.6) is 5.75 Å². The number of terminal acetylenes is 1. The molecule has 0 heterocycles. The fraction of sp³-hybridized carbons (Fsp3) is 0.357. The number of nitrogens with one attached hydrogen (secondary N) is 1. The summed E-state index contributed by atoms with van der Waals surface area (Å²) in [5.74, 6) is 3.08. The quantitative estimate of drug-likeness (QED) is 0.817. The van der Waals surface area contributed by atoms with Gasteiger partial charge in [0, 0.05) is 5.69 Å². The lowest BCUT2D eigenvalue weighted by atomic mass is 10.2. The Hall–Kier alpha value is -2.15. The highest BCUT2D eigenvalue weighted by Gasteiger charge is 2.16. The number of amides is 1. The van der Waals surface area contributed by atoms with Crippen molar-refractivity contribution in [3.8, 4) is 18.1 Å². The molecule has 18 heavy (non-hydrogen) atoms. The van der Waals surface area contributed by atoms with E-state index in [-0.39, 0.29) is 0 Å². The molecule has 1 rings (SSSR count). The first-order valence-electron chi connectivity index (χ1n) is 5.50. The molecule has 0 unspecified atom stereocenters. The van der Waals surface area contributed by atoms with Gasteiger partial charge < -0.3 is 9.47 Å². The molecule has 1 aromatic carbocycles. The average Bonchev–Trinajstić information content (AvgIpc) is 2.26. The van der Waals surface area contributed by atoms with E-state index in [1.165, 1.54) is 7.11 Å². The molecule has 4 heteroatoms. The highest BCUT2D eigenvalue weighted by Crippen LogP contribution is 2.22. The third-order valence-electron chi connectivity index (χ3n) is 2.00. The van der Waals surface area contributed by atoms with Gasteiger partial charge in [-0.25, -0.2) is 4.79 Å². The second-order valence-corrected chi connectivity index (χ2v) is 4.69. The molecule has 0 aliphatic carbocycles. The number of methoxy groups -OCH3 is 1. The van der Waals surface area contributed by atoms with Gasteiger partial charge in [-0.2, -0.15) is 0 Å². The number of ether oxygens (including phenoxy) is 2. The fourth-order valence-corrected chi connectivity index (χ4v) is 1.32. The topological polar surface area (TPSA) is 47.6 Å². The molecule has 0 aliphatic rings. The van der Waals surface area contributed by atoms with Gasteiger partial charge in [-0.3, -0.25) is 5.32 Å². The van der Waals surface area contributed by atoms with E-state index in [4.69, 9.17) is 15.9 Å². The summed E-state index contributed by atoms with van der Waals surface area (Å²) >= 11 is 0. The van der Waals surface area contributed by atoms with Crippen molar-refractivity contribution in [2.45, 2.75) is 26.4 Å². The van der Waals surface area contributed by atoms with Gasteiger partial charge in [-0.05, 0) is 39.0 Å². The van der Waals surface area contributed by atoms with Gasteiger partial charge in [0.05, 0.1) is 12.7 Å². The summed E-state index contributed by atoms with van der Waals surface area (Å²) in [6.07, 6.45) is 4.84. The minimum Gasteiger partial charge on any atom is -0.495 e. The molecular formula is C14H17NO3. The van der Waals surface area contributed by atoms with Crippen molar-refractivity contribution in [2.75, 3.05) is 12.4 Å². The molecule has 4 nitrogen and oxygen atoms in total. The molecule has 0 bridgehead atoms. The maximum absolute atomic E-state index is 11.6. The van der Waals surface area contributed by atoms with Crippen molar-refractivity contribution in [2.24, 2.45) is 0 Å². The summed E-state index contributed by atoms with van der Waals surface area (Å²) in [7, 11) is 1.54. The monoisotopic (exact) mass is 247 g/mol. The predicted octanol–water partition coefficient (Wildman–Crippen LogP) is 3.02. The molecule has 0 fully saturated rings. The Morgan fingerprint density at radius 1 is 1.39 bits per heavy atom. The number of hydrogen-bond donors (Lipinski definition) is 1. The van der Waals surface area contributed by atoms with Crippen LogP contribution in [0.2, 0.25) is 0 Å². The van der Waals surface area contributed by atoms with Crippen molar-refractivity contribution < 1.29 is 14.3 Å². The van der Waals surface area contributed by atoms with Gasteiger partial charge in [0.1, 0.15) is 11.4 Å². The molecule has 1 N–H and O–H groups in total. The highest BCUT2D eigenvalue weighted by atomic mass is 16.6. The maximum Gasteiger partial charge on any atom is 0.412 e. The summed E-state index contributed by atoms with van der Waals surface area (Å²) < 4.78 is 10.2. The van der Waals surface area contributed by atoms with Crippen LogP contribution in [0.3, 0.4) is 0 Å². The van der Waals surface area contributed by atoms with Gasteiger partial charge >= 0.3 is 6.09 Å². The van der Waals surface area contributed by atoms with E-state index in [0.717, 1.165) is 0 Å². The van der Waals surface area contributed by atoms with Crippen molar-refractivity contribution >= 4 is 11.8 Å². The Morgan fingerprint density at radius 2 is 2.06 bits per heavy atom. The summed E-state index contributed by atoms with van der Waals surface area (Å²) in [6, 6.07) is 5.05. The van der Waals surface area contributed by atoms with Crippen molar-refractivity contribution in [3.63, 3.8) is 0 Å².